The second-order valence-electron chi connectivity index (χ2n) is 5.25. The fourth-order valence-electron chi connectivity index (χ4n) is 2.53. The van der Waals surface area contributed by atoms with Crippen LogP contribution in [-0.2, 0) is 11.3 Å². The van der Waals surface area contributed by atoms with Crippen LogP contribution in [0.25, 0.3) is 0 Å². The molecule has 1 aliphatic carbocycles. The lowest BCUT2D eigenvalue weighted by Crippen LogP contribution is -2.44. The van der Waals surface area contributed by atoms with Gasteiger partial charge >= 0.3 is 12.0 Å². The number of carbonyl (C=O) groups excluding carboxylic acids is 1. The number of aryl methyl sites for hydroxylation is 1. The van der Waals surface area contributed by atoms with E-state index in [0.717, 1.165) is 17.7 Å². The van der Waals surface area contributed by atoms with Gasteiger partial charge in [0.15, 0.2) is 0 Å². The molecule has 0 spiro atoms. The number of aliphatic carboxylic acids is 1. The molecule has 0 aromatic carbocycles. The number of nitrogens with one attached hydrogen (secondary N) is 2. The fourth-order valence-corrected chi connectivity index (χ4v) is 3.37. The first-order chi connectivity index (χ1) is 9.56. The Kier molecular flexibility index (Phi) is 5.00. The molecule has 1 aromatic heterocycles. The van der Waals surface area contributed by atoms with Crippen LogP contribution in [0.15, 0.2) is 11.4 Å². The van der Waals surface area contributed by atoms with Gasteiger partial charge in [-0.15, -0.1) is 11.3 Å². The van der Waals surface area contributed by atoms with Crippen molar-refractivity contribution in [2.75, 3.05) is 0 Å². The summed E-state index contributed by atoms with van der Waals surface area (Å²) in [6.45, 7) is 2.54. The maximum Gasteiger partial charge on any atom is 0.315 e. The first-order valence-corrected chi connectivity index (χ1v) is 7.74. The van der Waals surface area contributed by atoms with Crippen LogP contribution in [0.3, 0.4) is 0 Å². The van der Waals surface area contributed by atoms with Crippen molar-refractivity contribution in [3.63, 3.8) is 0 Å². The average molecular weight is 296 g/mol. The van der Waals surface area contributed by atoms with Crippen LogP contribution < -0.4 is 10.6 Å². The molecule has 6 heteroatoms. The zero-order valence-electron chi connectivity index (χ0n) is 11.5. The zero-order chi connectivity index (χ0) is 14.5. The van der Waals surface area contributed by atoms with Gasteiger partial charge in [-0.1, -0.05) is 6.42 Å². The molecule has 1 aromatic rings. The lowest BCUT2D eigenvalue weighted by Gasteiger charge is -2.27. The summed E-state index contributed by atoms with van der Waals surface area (Å²) in [5.41, 5.74) is 1.18. The summed E-state index contributed by atoms with van der Waals surface area (Å²) in [6.07, 6.45) is 2.95. The summed E-state index contributed by atoms with van der Waals surface area (Å²) < 4.78 is 0. The van der Waals surface area contributed by atoms with E-state index in [0.29, 0.717) is 19.4 Å². The normalized spacial score (nSPS) is 22.2. The van der Waals surface area contributed by atoms with Gasteiger partial charge in [-0.05, 0) is 43.2 Å². The van der Waals surface area contributed by atoms with Gasteiger partial charge in [0.25, 0.3) is 0 Å². The predicted octanol–water partition coefficient (Wildman–Crippen LogP) is 2.50. The number of hydrogen-bond donors (Lipinski definition) is 3. The van der Waals surface area contributed by atoms with Crippen LogP contribution in [0.5, 0.6) is 0 Å². The molecule has 5 nitrogen and oxygen atoms in total. The highest BCUT2D eigenvalue weighted by molar-refractivity contribution is 7.10. The fraction of sp³-hybridized carbons (Fsp3) is 0.571. The van der Waals surface area contributed by atoms with Gasteiger partial charge in [0.2, 0.25) is 0 Å². The highest BCUT2D eigenvalue weighted by Gasteiger charge is 2.27. The van der Waals surface area contributed by atoms with Gasteiger partial charge in [-0.2, -0.15) is 0 Å². The van der Waals surface area contributed by atoms with Crippen LogP contribution in [0.1, 0.15) is 36.1 Å². The summed E-state index contributed by atoms with van der Waals surface area (Å²) >= 11 is 1.62. The Bertz CT molecular complexity index is 487. The quantitative estimate of drug-likeness (QED) is 0.798. The van der Waals surface area contributed by atoms with Gasteiger partial charge in [0.05, 0.1) is 12.5 Å². The molecule has 0 aliphatic heterocycles. The Hall–Kier alpha value is -1.56. The molecule has 1 heterocycles. The molecule has 2 amide bonds. The lowest BCUT2D eigenvalue weighted by molar-refractivity contribution is -0.143. The van der Waals surface area contributed by atoms with Crippen molar-refractivity contribution in [1.82, 2.24) is 10.6 Å². The minimum Gasteiger partial charge on any atom is -0.481 e. The van der Waals surface area contributed by atoms with E-state index in [1.54, 1.807) is 11.3 Å². The molecule has 1 saturated carbocycles. The SMILES string of the molecule is Cc1ccsc1CNC(=O)NC1CCCC(C(=O)O)C1. The minimum atomic E-state index is -0.758. The monoisotopic (exact) mass is 296 g/mol. The van der Waals surface area contributed by atoms with E-state index in [-0.39, 0.29) is 18.0 Å². The number of thiophene rings is 1. The third-order valence-electron chi connectivity index (χ3n) is 3.74. The largest absolute Gasteiger partial charge is 0.481 e. The van der Waals surface area contributed by atoms with Crippen molar-refractivity contribution in [2.24, 2.45) is 5.92 Å². The van der Waals surface area contributed by atoms with Gasteiger partial charge < -0.3 is 15.7 Å². The van der Waals surface area contributed by atoms with E-state index in [9.17, 15) is 9.59 Å². The summed E-state index contributed by atoms with van der Waals surface area (Å²) in [4.78, 5) is 24.0. The zero-order valence-corrected chi connectivity index (χ0v) is 12.3. The molecule has 3 N–H and O–H groups in total. The van der Waals surface area contributed by atoms with E-state index in [2.05, 4.69) is 10.6 Å². The molecule has 0 bridgehead atoms. The predicted molar refractivity (Wildman–Crippen MR) is 77.8 cm³/mol. The number of amides is 2. The van der Waals surface area contributed by atoms with Crippen LogP contribution in [0.2, 0.25) is 0 Å². The maximum atomic E-state index is 11.8. The number of urea groups is 1. The molecule has 0 radical (unpaired) electrons. The molecule has 0 saturated heterocycles. The van der Waals surface area contributed by atoms with E-state index in [4.69, 9.17) is 5.11 Å². The molecule has 110 valence electrons. The van der Waals surface area contributed by atoms with Crippen LogP contribution in [0, 0.1) is 12.8 Å². The summed E-state index contributed by atoms with van der Waals surface area (Å²) in [7, 11) is 0. The number of rotatable bonds is 4. The van der Waals surface area contributed by atoms with E-state index in [1.807, 2.05) is 18.4 Å². The van der Waals surface area contributed by atoms with Crippen molar-refractivity contribution in [3.8, 4) is 0 Å². The van der Waals surface area contributed by atoms with Gasteiger partial charge in [-0.25, -0.2) is 4.79 Å². The van der Waals surface area contributed by atoms with Crippen molar-refractivity contribution in [3.05, 3.63) is 21.9 Å². The Morgan fingerprint density at radius 1 is 1.45 bits per heavy atom. The second kappa shape index (κ2) is 6.74. The molecule has 1 aliphatic rings. The smallest absolute Gasteiger partial charge is 0.315 e. The number of carboxylic acid groups (broad SMARTS) is 1. The first-order valence-electron chi connectivity index (χ1n) is 6.86. The van der Waals surface area contributed by atoms with Crippen molar-refractivity contribution >= 4 is 23.3 Å². The Morgan fingerprint density at radius 2 is 2.25 bits per heavy atom. The standard InChI is InChI=1S/C14H20N2O3S/c1-9-5-6-20-12(9)8-15-14(19)16-11-4-2-3-10(7-11)13(17)18/h5-6,10-11H,2-4,7-8H2,1H3,(H,17,18)(H2,15,16,19). The Balaban J connectivity index is 1.76. The molecular formula is C14H20N2O3S. The van der Waals surface area contributed by atoms with E-state index >= 15 is 0 Å². The molecule has 2 atom stereocenters. The third-order valence-corrected chi connectivity index (χ3v) is 4.76. The van der Waals surface area contributed by atoms with E-state index < -0.39 is 5.97 Å². The molecule has 2 unspecified atom stereocenters. The number of hydrogen-bond acceptors (Lipinski definition) is 3. The molecule has 20 heavy (non-hydrogen) atoms. The number of carboxylic acids is 1. The maximum absolute atomic E-state index is 11.8. The summed E-state index contributed by atoms with van der Waals surface area (Å²) in [6, 6.07) is 1.78. The van der Waals surface area contributed by atoms with Crippen molar-refractivity contribution in [1.29, 1.82) is 0 Å². The molecular weight excluding hydrogens is 276 g/mol. The van der Waals surface area contributed by atoms with Gasteiger partial charge in [-0.3, -0.25) is 4.79 Å². The highest BCUT2D eigenvalue weighted by atomic mass is 32.1. The average Bonchev–Trinajstić information content (AvgIpc) is 2.82. The third kappa shape index (κ3) is 3.96. The summed E-state index contributed by atoms with van der Waals surface area (Å²) in [5, 5.41) is 16.7. The Morgan fingerprint density at radius 3 is 2.90 bits per heavy atom. The van der Waals surface area contributed by atoms with Gasteiger partial charge in [0.1, 0.15) is 0 Å². The summed E-state index contributed by atoms with van der Waals surface area (Å²) in [5.74, 6) is -1.08. The van der Waals surface area contributed by atoms with Crippen LogP contribution >= 0.6 is 11.3 Å². The molecule has 1 fully saturated rings. The van der Waals surface area contributed by atoms with Crippen molar-refractivity contribution in [2.45, 2.75) is 45.2 Å². The lowest BCUT2D eigenvalue weighted by atomic mass is 9.86. The highest BCUT2D eigenvalue weighted by Crippen LogP contribution is 2.24. The Labute approximate surface area is 122 Å². The van der Waals surface area contributed by atoms with Crippen molar-refractivity contribution < 1.29 is 14.7 Å². The van der Waals surface area contributed by atoms with Crippen LogP contribution in [-0.4, -0.2) is 23.1 Å². The minimum absolute atomic E-state index is 0.0331. The van der Waals surface area contributed by atoms with Crippen LogP contribution in [0.4, 0.5) is 4.79 Å². The van der Waals surface area contributed by atoms with E-state index in [1.165, 1.54) is 5.56 Å². The second-order valence-corrected chi connectivity index (χ2v) is 6.25. The van der Waals surface area contributed by atoms with Gasteiger partial charge in [0, 0.05) is 10.9 Å². The number of carbonyl (C=O) groups is 2. The first kappa shape index (κ1) is 14.8. The topological polar surface area (TPSA) is 78.4 Å². The molecule has 2 rings (SSSR count).